The van der Waals surface area contributed by atoms with Crippen molar-refractivity contribution in [3.8, 4) is 5.69 Å². The SMILES string of the molecule is COC(=O)C(C)(C)NC(=O)c1cnn(-c2cccc(Cl)c2)c1C. The quantitative estimate of drug-likeness (QED) is 0.871. The van der Waals surface area contributed by atoms with E-state index in [1.807, 2.05) is 6.07 Å². The summed E-state index contributed by atoms with van der Waals surface area (Å²) in [7, 11) is 1.28. The van der Waals surface area contributed by atoms with Crippen molar-refractivity contribution in [3.05, 3.63) is 46.7 Å². The lowest BCUT2D eigenvalue weighted by Crippen LogP contribution is -2.50. The fraction of sp³-hybridized carbons (Fsp3) is 0.312. The van der Waals surface area contributed by atoms with Gasteiger partial charge in [-0.2, -0.15) is 5.10 Å². The largest absolute Gasteiger partial charge is 0.467 e. The third-order valence-corrected chi connectivity index (χ3v) is 3.66. The molecule has 0 aliphatic rings. The number of esters is 1. The zero-order valence-corrected chi connectivity index (χ0v) is 14.1. The summed E-state index contributed by atoms with van der Waals surface area (Å²) in [5.41, 5.74) is 0.643. The summed E-state index contributed by atoms with van der Waals surface area (Å²) in [6, 6.07) is 7.16. The van der Waals surface area contributed by atoms with Gasteiger partial charge in [0.05, 0.1) is 30.3 Å². The van der Waals surface area contributed by atoms with E-state index in [9.17, 15) is 9.59 Å². The zero-order chi connectivity index (χ0) is 17.2. The lowest BCUT2D eigenvalue weighted by Gasteiger charge is -2.22. The monoisotopic (exact) mass is 335 g/mol. The van der Waals surface area contributed by atoms with E-state index in [4.69, 9.17) is 11.6 Å². The van der Waals surface area contributed by atoms with Crippen molar-refractivity contribution >= 4 is 23.5 Å². The van der Waals surface area contributed by atoms with Crippen molar-refractivity contribution in [2.75, 3.05) is 7.11 Å². The second-order valence-electron chi connectivity index (χ2n) is 5.61. The fourth-order valence-electron chi connectivity index (χ4n) is 2.16. The molecule has 122 valence electrons. The Balaban J connectivity index is 2.29. The highest BCUT2D eigenvalue weighted by atomic mass is 35.5. The number of hydrogen-bond donors (Lipinski definition) is 1. The summed E-state index contributed by atoms with van der Waals surface area (Å²) < 4.78 is 6.30. The molecule has 6 nitrogen and oxygen atoms in total. The molecule has 1 aromatic carbocycles. The van der Waals surface area contributed by atoms with Crippen LogP contribution in [0.3, 0.4) is 0 Å². The Kier molecular flexibility index (Phi) is 4.75. The van der Waals surface area contributed by atoms with Crippen LogP contribution >= 0.6 is 11.6 Å². The Morgan fingerprint density at radius 3 is 2.65 bits per heavy atom. The van der Waals surface area contributed by atoms with Crippen molar-refractivity contribution < 1.29 is 14.3 Å². The van der Waals surface area contributed by atoms with Crippen molar-refractivity contribution in [2.24, 2.45) is 0 Å². The van der Waals surface area contributed by atoms with Gasteiger partial charge in [0.1, 0.15) is 5.54 Å². The number of rotatable bonds is 4. The lowest BCUT2D eigenvalue weighted by atomic mass is 10.1. The molecular weight excluding hydrogens is 318 g/mol. The molecule has 1 heterocycles. The normalized spacial score (nSPS) is 11.2. The second-order valence-corrected chi connectivity index (χ2v) is 6.04. The Morgan fingerprint density at radius 2 is 2.04 bits per heavy atom. The molecule has 0 saturated heterocycles. The second kappa shape index (κ2) is 6.42. The molecule has 0 unspecified atom stereocenters. The molecule has 23 heavy (non-hydrogen) atoms. The molecule has 1 N–H and O–H groups in total. The average Bonchev–Trinajstić information content (AvgIpc) is 2.87. The van der Waals surface area contributed by atoms with Crippen LogP contribution in [0.1, 0.15) is 29.9 Å². The number of amides is 1. The number of aromatic nitrogens is 2. The first kappa shape index (κ1) is 17.0. The van der Waals surface area contributed by atoms with Gasteiger partial charge in [0.15, 0.2) is 0 Å². The van der Waals surface area contributed by atoms with Crippen LogP contribution in [0.15, 0.2) is 30.5 Å². The average molecular weight is 336 g/mol. The van der Waals surface area contributed by atoms with Crippen LogP contribution in [0.25, 0.3) is 5.69 Å². The molecule has 0 aliphatic heterocycles. The van der Waals surface area contributed by atoms with Crippen LogP contribution in [-0.2, 0) is 9.53 Å². The molecule has 0 aliphatic carbocycles. The van der Waals surface area contributed by atoms with Crippen molar-refractivity contribution in [2.45, 2.75) is 26.3 Å². The van der Waals surface area contributed by atoms with Gasteiger partial charge in [-0.15, -0.1) is 0 Å². The van der Waals surface area contributed by atoms with Crippen LogP contribution in [0.2, 0.25) is 5.02 Å². The van der Waals surface area contributed by atoms with Gasteiger partial charge >= 0.3 is 5.97 Å². The highest BCUT2D eigenvalue weighted by Gasteiger charge is 2.31. The van der Waals surface area contributed by atoms with E-state index < -0.39 is 17.4 Å². The van der Waals surface area contributed by atoms with Crippen molar-refractivity contribution in [3.63, 3.8) is 0 Å². The molecule has 2 rings (SSSR count). The van der Waals surface area contributed by atoms with Gasteiger partial charge in [-0.05, 0) is 39.0 Å². The Morgan fingerprint density at radius 1 is 1.35 bits per heavy atom. The summed E-state index contributed by atoms with van der Waals surface area (Å²) in [6.07, 6.45) is 1.46. The molecule has 0 saturated carbocycles. The van der Waals surface area contributed by atoms with E-state index in [2.05, 4.69) is 15.2 Å². The van der Waals surface area contributed by atoms with E-state index in [-0.39, 0.29) is 0 Å². The number of methoxy groups -OCH3 is 1. The Hall–Kier alpha value is -2.34. The maximum atomic E-state index is 12.4. The van der Waals surface area contributed by atoms with Crippen LogP contribution in [0, 0.1) is 6.92 Å². The number of halogens is 1. The van der Waals surface area contributed by atoms with Crippen LogP contribution in [0.4, 0.5) is 0 Å². The number of hydrogen-bond acceptors (Lipinski definition) is 4. The summed E-state index contributed by atoms with van der Waals surface area (Å²) in [5.74, 6) is -0.920. The molecule has 7 heteroatoms. The van der Waals surface area contributed by atoms with Gasteiger partial charge in [0.25, 0.3) is 5.91 Å². The number of carbonyl (C=O) groups is 2. The topological polar surface area (TPSA) is 73.2 Å². The van der Waals surface area contributed by atoms with E-state index in [0.717, 1.165) is 5.69 Å². The molecule has 1 aromatic heterocycles. The molecular formula is C16H18ClN3O3. The standard InChI is InChI=1S/C16H18ClN3O3/c1-10-13(14(21)19-16(2,3)15(22)23-4)9-18-20(10)12-7-5-6-11(17)8-12/h5-9H,1-4H3,(H,19,21). The third-order valence-electron chi connectivity index (χ3n) is 3.43. The number of nitrogens with one attached hydrogen (secondary N) is 1. The molecule has 0 atom stereocenters. The summed E-state index contributed by atoms with van der Waals surface area (Å²) in [5, 5.41) is 7.45. The van der Waals surface area contributed by atoms with Gasteiger partial charge in [0.2, 0.25) is 0 Å². The number of carbonyl (C=O) groups excluding carboxylic acids is 2. The molecule has 2 aromatic rings. The number of ether oxygens (including phenoxy) is 1. The van der Waals surface area contributed by atoms with Gasteiger partial charge in [-0.25, -0.2) is 9.48 Å². The summed E-state index contributed by atoms with van der Waals surface area (Å²) in [4.78, 5) is 24.1. The smallest absolute Gasteiger partial charge is 0.330 e. The van der Waals surface area contributed by atoms with E-state index in [1.165, 1.54) is 13.3 Å². The predicted octanol–water partition coefficient (Wildman–Crippen LogP) is 2.52. The van der Waals surface area contributed by atoms with Crippen LogP contribution in [0.5, 0.6) is 0 Å². The van der Waals surface area contributed by atoms with Crippen LogP contribution in [-0.4, -0.2) is 34.3 Å². The van der Waals surface area contributed by atoms with Crippen molar-refractivity contribution in [1.29, 1.82) is 0 Å². The fourth-order valence-corrected chi connectivity index (χ4v) is 2.34. The first-order chi connectivity index (χ1) is 10.8. The maximum Gasteiger partial charge on any atom is 0.330 e. The predicted molar refractivity (Wildman–Crippen MR) is 86.9 cm³/mol. The van der Waals surface area contributed by atoms with Gasteiger partial charge in [-0.1, -0.05) is 17.7 Å². The highest BCUT2D eigenvalue weighted by molar-refractivity contribution is 6.30. The van der Waals surface area contributed by atoms with Gasteiger partial charge in [-0.3, -0.25) is 4.79 Å². The van der Waals surface area contributed by atoms with Gasteiger partial charge in [0, 0.05) is 5.02 Å². The lowest BCUT2D eigenvalue weighted by molar-refractivity contribution is -0.146. The first-order valence-electron chi connectivity index (χ1n) is 6.98. The van der Waals surface area contributed by atoms with Crippen molar-refractivity contribution in [1.82, 2.24) is 15.1 Å². The van der Waals surface area contributed by atoms with E-state index in [0.29, 0.717) is 16.3 Å². The van der Waals surface area contributed by atoms with E-state index in [1.54, 1.807) is 43.7 Å². The maximum absolute atomic E-state index is 12.4. The molecule has 0 radical (unpaired) electrons. The molecule has 0 bridgehead atoms. The van der Waals surface area contributed by atoms with E-state index >= 15 is 0 Å². The highest BCUT2D eigenvalue weighted by Crippen LogP contribution is 2.18. The minimum Gasteiger partial charge on any atom is -0.467 e. The molecule has 1 amide bonds. The third kappa shape index (κ3) is 3.53. The zero-order valence-electron chi connectivity index (χ0n) is 13.4. The minimum absolute atomic E-state index is 0.377. The minimum atomic E-state index is -1.13. The Bertz CT molecular complexity index is 753. The number of benzene rings is 1. The van der Waals surface area contributed by atoms with Crippen LogP contribution < -0.4 is 5.32 Å². The summed E-state index contributed by atoms with van der Waals surface area (Å²) in [6.45, 7) is 4.93. The van der Waals surface area contributed by atoms with Gasteiger partial charge < -0.3 is 10.1 Å². The molecule has 0 spiro atoms. The molecule has 0 fully saturated rings. The Labute approximate surface area is 139 Å². The summed E-state index contributed by atoms with van der Waals surface area (Å²) >= 11 is 5.98. The number of nitrogens with zero attached hydrogens (tertiary/aromatic N) is 2. The first-order valence-corrected chi connectivity index (χ1v) is 7.35.